The van der Waals surface area contributed by atoms with Crippen molar-refractivity contribution in [2.75, 3.05) is 59.4 Å². The molecular weight excluding hydrogens is 306 g/mol. The number of nitrogens with zero attached hydrogens (tertiary/aromatic N) is 3. The lowest BCUT2D eigenvalue weighted by atomic mass is 9.96. The van der Waals surface area contributed by atoms with Crippen LogP contribution in [0.15, 0.2) is 0 Å². The summed E-state index contributed by atoms with van der Waals surface area (Å²) >= 11 is 0. The molecule has 0 atom stereocenters. The molecule has 0 radical (unpaired) electrons. The van der Waals surface area contributed by atoms with Crippen LogP contribution in [-0.4, -0.2) is 74.1 Å². The van der Waals surface area contributed by atoms with Gasteiger partial charge in [-0.15, -0.1) is 0 Å². The minimum absolute atomic E-state index is 0.964. The number of likely N-dealkylation sites (N-methyl/N-ethyl adjacent to an activating group) is 1. The highest BCUT2D eigenvalue weighted by molar-refractivity contribution is 4.77. The van der Waals surface area contributed by atoms with Crippen molar-refractivity contribution in [2.45, 2.75) is 81.6 Å². The Labute approximate surface area is 162 Å². The first-order chi connectivity index (χ1) is 12.3. The highest BCUT2D eigenvalue weighted by Gasteiger charge is 2.22. The van der Waals surface area contributed by atoms with E-state index in [2.05, 4.69) is 28.7 Å². The molecular formula is C22H53N3. The van der Waals surface area contributed by atoms with E-state index in [0.717, 1.165) is 5.92 Å². The summed E-state index contributed by atoms with van der Waals surface area (Å²) in [5.74, 6) is 0.964. The van der Waals surface area contributed by atoms with Crippen LogP contribution >= 0.6 is 0 Å². The van der Waals surface area contributed by atoms with E-state index in [1.807, 2.05) is 55.4 Å². The van der Waals surface area contributed by atoms with E-state index in [0.29, 0.717) is 0 Å². The summed E-state index contributed by atoms with van der Waals surface area (Å²) in [5, 5.41) is 0. The fourth-order valence-electron chi connectivity index (χ4n) is 3.10. The Morgan fingerprint density at radius 3 is 1.48 bits per heavy atom. The smallest absolute Gasteiger partial charge is 0.0110 e. The molecule has 0 aromatic carbocycles. The van der Waals surface area contributed by atoms with Crippen molar-refractivity contribution in [3.05, 3.63) is 0 Å². The Kier molecular flexibility index (Phi) is 28.3. The molecule has 25 heavy (non-hydrogen) atoms. The lowest BCUT2D eigenvalue weighted by Gasteiger charge is -2.37. The Hall–Kier alpha value is -0.120. The van der Waals surface area contributed by atoms with Gasteiger partial charge in [0.25, 0.3) is 0 Å². The van der Waals surface area contributed by atoms with Crippen LogP contribution < -0.4 is 0 Å². The van der Waals surface area contributed by atoms with Crippen molar-refractivity contribution < 1.29 is 0 Å². The van der Waals surface area contributed by atoms with E-state index in [4.69, 9.17) is 0 Å². The summed E-state index contributed by atoms with van der Waals surface area (Å²) in [6, 6.07) is 0. The maximum Gasteiger partial charge on any atom is 0.0110 e. The maximum absolute atomic E-state index is 2.68. The maximum atomic E-state index is 2.68. The molecule has 3 heteroatoms. The number of likely N-dealkylation sites (tertiary alicyclic amines) is 1. The van der Waals surface area contributed by atoms with Crippen LogP contribution in [0.2, 0.25) is 0 Å². The second kappa shape index (κ2) is 23.9. The summed E-state index contributed by atoms with van der Waals surface area (Å²) in [4.78, 5) is 7.76. The van der Waals surface area contributed by atoms with Gasteiger partial charge in [-0.3, -0.25) is 0 Å². The zero-order valence-electron chi connectivity index (χ0n) is 19.7. The van der Waals surface area contributed by atoms with E-state index in [1.54, 1.807) is 0 Å². The van der Waals surface area contributed by atoms with E-state index in [9.17, 15) is 0 Å². The van der Waals surface area contributed by atoms with Crippen LogP contribution in [0.4, 0.5) is 0 Å². The van der Waals surface area contributed by atoms with Crippen molar-refractivity contribution >= 4 is 0 Å². The third-order valence-electron chi connectivity index (χ3n) is 4.36. The SMILES string of the molecule is CC.CC.CC.CC.CCCN1CCC(CN2CCN(C)CC2)CC1. The molecule has 2 saturated heterocycles. The zero-order valence-corrected chi connectivity index (χ0v) is 19.7. The third kappa shape index (κ3) is 15.8. The quantitative estimate of drug-likeness (QED) is 0.660. The fraction of sp³-hybridized carbons (Fsp3) is 1.00. The first kappa shape index (κ1) is 29.6. The van der Waals surface area contributed by atoms with Crippen LogP contribution in [0.25, 0.3) is 0 Å². The normalized spacial score (nSPS) is 19.0. The lowest BCUT2D eigenvalue weighted by molar-refractivity contribution is 0.106. The van der Waals surface area contributed by atoms with Crippen LogP contribution in [0.5, 0.6) is 0 Å². The molecule has 0 aliphatic carbocycles. The molecule has 0 N–H and O–H groups in total. The van der Waals surface area contributed by atoms with Gasteiger partial charge in [-0.2, -0.15) is 0 Å². The molecule has 2 aliphatic rings. The van der Waals surface area contributed by atoms with Gasteiger partial charge in [0.05, 0.1) is 0 Å². The standard InChI is InChI=1S/C14H29N3.4C2H6/c1-3-6-16-7-4-14(5-8-16)13-17-11-9-15(2)10-12-17;4*1-2/h14H,3-13H2,1-2H3;4*1-2H3. The molecule has 0 spiro atoms. The molecule has 0 aromatic rings. The molecule has 3 nitrogen and oxygen atoms in total. The molecule has 156 valence electrons. The van der Waals surface area contributed by atoms with Gasteiger partial charge in [0, 0.05) is 32.7 Å². The molecule has 0 aromatic heterocycles. The van der Waals surface area contributed by atoms with Crippen LogP contribution in [-0.2, 0) is 0 Å². The van der Waals surface area contributed by atoms with Gasteiger partial charge in [-0.25, -0.2) is 0 Å². The van der Waals surface area contributed by atoms with E-state index >= 15 is 0 Å². The van der Waals surface area contributed by atoms with Crippen molar-refractivity contribution in [3.8, 4) is 0 Å². The van der Waals surface area contributed by atoms with Gasteiger partial charge in [-0.05, 0) is 51.9 Å². The largest absolute Gasteiger partial charge is 0.304 e. The minimum atomic E-state index is 0.964. The molecule has 0 unspecified atom stereocenters. The predicted octanol–water partition coefficient (Wildman–Crippen LogP) is 5.46. The fourth-order valence-corrected chi connectivity index (χ4v) is 3.10. The minimum Gasteiger partial charge on any atom is -0.304 e. The molecule has 0 saturated carbocycles. The molecule has 2 aliphatic heterocycles. The number of piperazine rings is 1. The molecule has 0 bridgehead atoms. The van der Waals surface area contributed by atoms with Crippen molar-refractivity contribution in [1.29, 1.82) is 0 Å². The Bertz CT molecular complexity index is 205. The second-order valence-electron chi connectivity index (χ2n) is 5.89. The summed E-state index contributed by atoms with van der Waals surface area (Å²) in [6.45, 7) is 28.7. The molecule has 0 amide bonds. The van der Waals surface area contributed by atoms with Crippen molar-refractivity contribution in [3.63, 3.8) is 0 Å². The summed E-state index contributed by atoms with van der Waals surface area (Å²) in [7, 11) is 2.24. The van der Waals surface area contributed by atoms with Gasteiger partial charge in [0.15, 0.2) is 0 Å². The number of hydrogen-bond donors (Lipinski definition) is 0. The first-order valence-electron chi connectivity index (χ1n) is 11.4. The van der Waals surface area contributed by atoms with Crippen LogP contribution in [0.3, 0.4) is 0 Å². The zero-order chi connectivity index (χ0) is 20.1. The lowest BCUT2D eigenvalue weighted by Crippen LogP contribution is -2.47. The van der Waals surface area contributed by atoms with E-state index in [-0.39, 0.29) is 0 Å². The predicted molar refractivity (Wildman–Crippen MR) is 119 cm³/mol. The Morgan fingerprint density at radius 2 is 1.08 bits per heavy atom. The third-order valence-corrected chi connectivity index (χ3v) is 4.36. The van der Waals surface area contributed by atoms with Gasteiger partial charge in [0.2, 0.25) is 0 Å². The Balaban J connectivity index is -0.000000533. The van der Waals surface area contributed by atoms with Crippen LogP contribution in [0, 0.1) is 5.92 Å². The van der Waals surface area contributed by atoms with E-state index in [1.165, 1.54) is 71.6 Å². The van der Waals surface area contributed by atoms with Gasteiger partial charge >= 0.3 is 0 Å². The molecule has 2 heterocycles. The average Bonchev–Trinajstić information content (AvgIpc) is 2.72. The second-order valence-corrected chi connectivity index (χ2v) is 5.89. The number of piperidine rings is 1. The van der Waals surface area contributed by atoms with E-state index < -0.39 is 0 Å². The average molecular weight is 360 g/mol. The van der Waals surface area contributed by atoms with Gasteiger partial charge < -0.3 is 14.7 Å². The van der Waals surface area contributed by atoms with Crippen molar-refractivity contribution in [1.82, 2.24) is 14.7 Å². The summed E-state index contributed by atoms with van der Waals surface area (Å²) in [6.07, 6.45) is 4.15. The topological polar surface area (TPSA) is 9.72 Å². The molecule has 2 fully saturated rings. The van der Waals surface area contributed by atoms with Crippen LogP contribution in [0.1, 0.15) is 81.6 Å². The number of rotatable bonds is 4. The Morgan fingerprint density at radius 1 is 0.640 bits per heavy atom. The highest BCUT2D eigenvalue weighted by atomic mass is 15.2. The monoisotopic (exact) mass is 359 g/mol. The first-order valence-corrected chi connectivity index (χ1v) is 11.4. The highest BCUT2D eigenvalue weighted by Crippen LogP contribution is 2.19. The summed E-state index contributed by atoms with van der Waals surface area (Å²) < 4.78 is 0. The van der Waals surface area contributed by atoms with Gasteiger partial charge in [0.1, 0.15) is 0 Å². The van der Waals surface area contributed by atoms with Crippen molar-refractivity contribution in [2.24, 2.45) is 5.92 Å². The summed E-state index contributed by atoms with van der Waals surface area (Å²) in [5.41, 5.74) is 0. The molecule has 2 rings (SSSR count). The van der Waals surface area contributed by atoms with Gasteiger partial charge in [-0.1, -0.05) is 62.3 Å². The number of hydrogen-bond acceptors (Lipinski definition) is 3.